The molecule has 2 N–H and O–H groups in total. The number of aromatic amines is 1. The van der Waals surface area contributed by atoms with Crippen LogP contribution in [0.4, 0.5) is 0 Å². The maximum absolute atomic E-state index is 12.1. The zero-order valence-electron chi connectivity index (χ0n) is 11.4. The van der Waals surface area contributed by atoms with Gasteiger partial charge in [0.05, 0.1) is 0 Å². The van der Waals surface area contributed by atoms with Gasteiger partial charge in [-0.3, -0.25) is 9.78 Å². The molecule has 1 aliphatic carbocycles. The SMILES string of the molecule is O=C(NCC1(c2ccccn2)CCCC1)c1ccc[nH]1. The van der Waals surface area contributed by atoms with Crippen molar-refractivity contribution in [3.63, 3.8) is 0 Å². The van der Waals surface area contributed by atoms with Crippen LogP contribution >= 0.6 is 0 Å². The van der Waals surface area contributed by atoms with Crippen LogP contribution in [0.1, 0.15) is 41.9 Å². The number of nitrogens with zero attached hydrogens (tertiary/aromatic N) is 1. The molecule has 1 saturated carbocycles. The molecule has 0 saturated heterocycles. The molecule has 2 aromatic heterocycles. The highest BCUT2D eigenvalue weighted by molar-refractivity contribution is 5.92. The third-order valence-corrected chi connectivity index (χ3v) is 4.20. The van der Waals surface area contributed by atoms with E-state index in [1.165, 1.54) is 12.8 Å². The van der Waals surface area contributed by atoms with E-state index >= 15 is 0 Å². The van der Waals surface area contributed by atoms with Crippen molar-refractivity contribution in [3.8, 4) is 0 Å². The van der Waals surface area contributed by atoms with Crippen molar-refractivity contribution in [1.82, 2.24) is 15.3 Å². The molecule has 104 valence electrons. The van der Waals surface area contributed by atoms with Crippen molar-refractivity contribution in [1.29, 1.82) is 0 Å². The molecule has 0 unspecified atom stereocenters. The summed E-state index contributed by atoms with van der Waals surface area (Å²) in [5.41, 5.74) is 1.72. The predicted molar refractivity (Wildman–Crippen MR) is 77.5 cm³/mol. The standard InChI is InChI=1S/C16H19N3O/c20-15(13-6-5-11-17-13)19-12-16(8-2-3-9-16)14-7-1-4-10-18-14/h1,4-7,10-11,17H,2-3,8-9,12H2,(H,19,20). The summed E-state index contributed by atoms with van der Waals surface area (Å²) >= 11 is 0. The van der Waals surface area contributed by atoms with E-state index in [2.05, 4.69) is 21.4 Å². The second-order valence-electron chi connectivity index (χ2n) is 5.47. The molecule has 0 aromatic carbocycles. The molecular formula is C16H19N3O. The normalized spacial score (nSPS) is 17.0. The lowest BCUT2D eigenvalue weighted by Gasteiger charge is -2.28. The van der Waals surface area contributed by atoms with Crippen molar-refractivity contribution in [2.24, 2.45) is 0 Å². The first-order valence-electron chi connectivity index (χ1n) is 7.13. The van der Waals surface area contributed by atoms with Crippen molar-refractivity contribution in [2.75, 3.05) is 6.54 Å². The van der Waals surface area contributed by atoms with Gasteiger partial charge in [-0.25, -0.2) is 0 Å². The minimum Gasteiger partial charge on any atom is -0.357 e. The Morgan fingerprint density at radius 1 is 1.25 bits per heavy atom. The van der Waals surface area contributed by atoms with Crippen LogP contribution in [-0.2, 0) is 5.41 Å². The van der Waals surface area contributed by atoms with Gasteiger partial charge in [0, 0.05) is 30.0 Å². The lowest BCUT2D eigenvalue weighted by molar-refractivity contribution is 0.0938. The molecule has 1 aliphatic rings. The number of carbonyl (C=O) groups excluding carboxylic acids is 1. The number of hydrogen-bond acceptors (Lipinski definition) is 2. The average Bonchev–Trinajstić information content (AvgIpc) is 3.18. The summed E-state index contributed by atoms with van der Waals surface area (Å²) in [7, 11) is 0. The summed E-state index contributed by atoms with van der Waals surface area (Å²) in [4.78, 5) is 19.5. The topological polar surface area (TPSA) is 57.8 Å². The Balaban J connectivity index is 1.74. The van der Waals surface area contributed by atoms with Gasteiger partial charge in [0.15, 0.2) is 0 Å². The van der Waals surface area contributed by atoms with Gasteiger partial charge in [-0.2, -0.15) is 0 Å². The quantitative estimate of drug-likeness (QED) is 0.896. The summed E-state index contributed by atoms with van der Waals surface area (Å²) in [5.74, 6) is -0.0443. The van der Waals surface area contributed by atoms with Crippen LogP contribution in [0.2, 0.25) is 0 Å². The van der Waals surface area contributed by atoms with Gasteiger partial charge >= 0.3 is 0 Å². The number of pyridine rings is 1. The van der Waals surface area contributed by atoms with E-state index in [-0.39, 0.29) is 11.3 Å². The van der Waals surface area contributed by atoms with E-state index in [0.717, 1.165) is 18.5 Å². The van der Waals surface area contributed by atoms with Gasteiger partial charge in [-0.1, -0.05) is 18.9 Å². The first-order valence-corrected chi connectivity index (χ1v) is 7.13. The van der Waals surface area contributed by atoms with Crippen molar-refractivity contribution >= 4 is 5.91 Å². The Kier molecular flexibility index (Phi) is 3.54. The highest BCUT2D eigenvalue weighted by Crippen LogP contribution is 2.39. The molecule has 0 spiro atoms. The molecule has 4 nitrogen and oxygen atoms in total. The van der Waals surface area contributed by atoms with Gasteiger partial charge in [-0.05, 0) is 37.1 Å². The Labute approximate surface area is 118 Å². The zero-order chi connectivity index (χ0) is 13.8. The molecule has 1 fully saturated rings. The van der Waals surface area contributed by atoms with E-state index in [0.29, 0.717) is 12.2 Å². The molecule has 2 heterocycles. The second-order valence-corrected chi connectivity index (χ2v) is 5.47. The van der Waals surface area contributed by atoms with Crippen LogP contribution in [0.3, 0.4) is 0 Å². The number of amides is 1. The number of nitrogens with one attached hydrogen (secondary N) is 2. The largest absolute Gasteiger partial charge is 0.357 e. The van der Waals surface area contributed by atoms with Crippen LogP contribution in [0.25, 0.3) is 0 Å². The minimum absolute atomic E-state index is 0.00348. The summed E-state index contributed by atoms with van der Waals surface area (Å²) in [6.07, 6.45) is 8.19. The van der Waals surface area contributed by atoms with Crippen LogP contribution in [0.15, 0.2) is 42.7 Å². The molecule has 0 aliphatic heterocycles. The minimum atomic E-state index is -0.0443. The van der Waals surface area contributed by atoms with E-state index in [1.54, 1.807) is 12.3 Å². The molecule has 0 bridgehead atoms. The zero-order valence-corrected chi connectivity index (χ0v) is 11.4. The Bertz CT molecular complexity index is 557. The van der Waals surface area contributed by atoms with E-state index < -0.39 is 0 Å². The first kappa shape index (κ1) is 12.9. The number of hydrogen-bond donors (Lipinski definition) is 2. The molecule has 4 heteroatoms. The molecular weight excluding hydrogens is 250 g/mol. The van der Waals surface area contributed by atoms with Crippen LogP contribution in [0.5, 0.6) is 0 Å². The van der Waals surface area contributed by atoms with Crippen LogP contribution in [-0.4, -0.2) is 22.4 Å². The lowest BCUT2D eigenvalue weighted by Crippen LogP contribution is -2.39. The molecule has 2 aromatic rings. The molecule has 20 heavy (non-hydrogen) atoms. The number of rotatable bonds is 4. The van der Waals surface area contributed by atoms with Crippen molar-refractivity contribution in [2.45, 2.75) is 31.1 Å². The Morgan fingerprint density at radius 2 is 2.10 bits per heavy atom. The van der Waals surface area contributed by atoms with Gasteiger partial charge in [0.25, 0.3) is 5.91 Å². The fourth-order valence-corrected chi connectivity index (χ4v) is 3.07. The summed E-state index contributed by atoms with van der Waals surface area (Å²) in [5, 5.41) is 3.06. The van der Waals surface area contributed by atoms with Gasteiger partial charge in [0.1, 0.15) is 5.69 Å². The summed E-state index contributed by atoms with van der Waals surface area (Å²) in [6, 6.07) is 9.65. The second kappa shape index (κ2) is 5.49. The predicted octanol–water partition coefficient (Wildman–Crippen LogP) is 2.65. The maximum atomic E-state index is 12.1. The maximum Gasteiger partial charge on any atom is 0.267 e. The molecule has 1 amide bonds. The fraction of sp³-hybridized carbons (Fsp3) is 0.375. The summed E-state index contributed by atoms with van der Waals surface area (Å²) < 4.78 is 0. The average molecular weight is 269 g/mol. The van der Waals surface area contributed by atoms with Crippen LogP contribution in [0, 0.1) is 0 Å². The van der Waals surface area contributed by atoms with E-state index in [1.807, 2.05) is 24.4 Å². The summed E-state index contributed by atoms with van der Waals surface area (Å²) in [6.45, 7) is 0.655. The number of aromatic nitrogens is 2. The number of carbonyl (C=O) groups is 1. The van der Waals surface area contributed by atoms with Crippen LogP contribution < -0.4 is 5.32 Å². The van der Waals surface area contributed by atoms with Gasteiger partial charge in [0.2, 0.25) is 0 Å². The first-order chi connectivity index (χ1) is 9.80. The van der Waals surface area contributed by atoms with Crippen molar-refractivity contribution < 1.29 is 4.79 Å². The Hall–Kier alpha value is -2.10. The highest BCUT2D eigenvalue weighted by atomic mass is 16.1. The van der Waals surface area contributed by atoms with E-state index in [4.69, 9.17) is 0 Å². The molecule has 0 atom stereocenters. The molecule has 3 rings (SSSR count). The highest BCUT2D eigenvalue weighted by Gasteiger charge is 2.37. The van der Waals surface area contributed by atoms with Gasteiger partial charge in [-0.15, -0.1) is 0 Å². The lowest BCUT2D eigenvalue weighted by atomic mass is 9.82. The fourth-order valence-electron chi connectivity index (χ4n) is 3.07. The third kappa shape index (κ3) is 2.46. The van der Waals surface area contributed by atoms with Crippen molar-refractivity contribution in [3.05, 3.63) is 54.1 Å². The van der Waals surface area contributed by atoms with Gasteiger partial charge < -0.3 is 10.3 Å². The molecule has 0 radical (unpaired) electrons. The third-order valence-electron chi connectivity index (χ3n) is 4.20. The van der Waals surface area contributed by atoms with E-state index in [9.17, 15) is 4.79 Å². The smallest absolute Gasteiger partial charge is 0.267 e. The number of H-pyrrole nitrogens is 1. The monoisotopic (exact) mass is 269 g/mol. The Morgan fingerprint density at radius 3 is 2.75 bits per heavy atom.